The van der Waals surface area contributed by atoms with Crippen LogP contribution in [-0.2, 0) is 17.9 Å². The van der Waals surface area contributed by atoms with Crippen LogP contribution in [0.4, 0.5) is 0 Å². The molecule has 0 atom stereocenters. The van der Waals surface area contributed by atoms with Gasteiger partial charge in [0, 0.05) is 20.0 Å². The maximum Gasteiger partial charge on any atom is 0.298 e. The van der Waals surface area contributed by atoms with Crippen LogP contribution >= 0.6 is 0 Å². The zero-order valence-corrected chi connectivity index (χ0v) is 9.86. The first kappa shape index (κ1) is 11.4. The van der Waals surface area contributed by atoms with Crippen LogP contribution < -0.4 is 0 Å². The van der Waals surface area contributed by atoms with Crippen molar-refractivity contribution in [3.63, 3.8) is 0 Å². The predicted octanol–water partition coefficient (Wildman–Crippen LogP) is 0.451. The van der Waals surface area contributed by atoms with Crippen LogP contribution in [0.2, 0.25) is 0 Å². The van der Waals surface area contributed by atoms with E-state index in [0.29, 0.717) is 25.3 Å². The zero-order valence-electron chi connectivity index (χ0n) is 9.86. The second kappa shape index (κ2) is 4.42. The average molecular weight is 231 g/mol. The Bertz CT molecular complexity index is 534. The molecule has 88 valence electrons. The fourth-order valence-electron chi connectivity index (χ4n) is 1.90. The van der Waals surface area contributed by atoms with Gasteiger partial charge in [-0.2, -0.15) is 0 Å². The summed E-state index contributed by atoms with van der Waals surface area (Å²) in [6, 6.07) is 0. The number of amides is 1. The molecule has 0 saturated carbocycles. The SMILES string of the molecule is CC#CC(=O)N1CCn2c(C(C)=O)cnc2C1. The van der Waals surface area contributed by atoms with Gasteiger partial charge in [-0.3, -0.25) is 9.59 Å². The Labute approximate surface area is 99.4 Å². The zero-order chi connectivity index (χ0) is 12.4. The van der Waals surface area contributed by atoms with Crippen LogP contribution in [-0.4, -0.2) is 32.7 Å². The van der Waals surface area contributed by atoms with Crippen LogP contribution in [0.15, 0.2) is 6.20 Å². The third-order valence-electron chi connectivity index (χ3n) is 2.74. The summed E-state index contributed by atoms with van der Waals surface area (Å²) in [5.74, 6) is 5.65. The topological polar surface area (TPSA) is 55.2 Å². The highest BCUT2D eigenvalue weighted by molar-refractivity contribution is 5.94. The minimum atomic E-state index is -0.189. The molecule has 1 aliphatic rings. The van der Waals surface area contributed by atoms with Crippen molar-refractivity contribution in [2.24, 2.45) is 0 Å². The van der Waals surface area contributed by atoms with Gasteiger partial charge in [-0.05, 0) is 12.8 Å². The van der Waals surface area contributed by atoms with Crippen molar-refractivity contribution in [3.05, 3.63) is 17.7 Å². The summed E-state index contributed by atoms with van der Waals surface area (Å²) < 4.78 is 1.87. The van der Waals surface area contributed by atoms with Gasteiger partial charge in [0.2, 0.25) is 0 Å². The Morgan fingerprint density at radius 2 is 2.18 bits per heavy atom. The van der Waals surface area contributed by atoms with Gasteiger partial charge in [0.05, 0.1) is 12.7 Å². The lowest BCUT2D eigenvalue weighted by molar-refractivity contribution is -0.126. The van der Waals surface area contributed by atoms with E-state index < -0.39 is 0 Å². The predicted molar refractivity (Wildman–Crippen MR) is 61.1 cm³/mol. The van der Waals surface area contributed by atoms with Crippen LogP contribution in [0.3, 0.4) is 0 Å². The van der Waals surface area contributed by atoms with Gasteiger partial charge < -0.3 is 9.47 Å². The minimum absolute atomic E-state index is 0.00289. The van der Waals surface area contributed by atoms with Crippen molar-refractivity contribution in [1.29, 1.82) is 0 Å². The molecule has 1 aromatic rings. The van der Waals surface area contributed by atoms with Crippen LogP contribution in [0.1, 0.15) is 30.2 Å². The van der Waals surface area contributed by atoms with E-state index in [2.05, 4.69) is 16.8 Å². The van der Waals surface area contributed by atoms with E-state index >= 15 is 0 Å². The first-order valence-corrected chi connectivity index (χ1v) is 5.40. The number of fused-ring (bicyclic) bond motifs is 1. The lowest BCUT2D eigenvalue weighted by Crippen LogP contribution is -2.38. The highest BCUT2D eigenvalue weighted by Gasteiger charge is 2.23. The highest BCUT2D eigenvalue weighted by atomic mass is 16.2. The van der Waals surface area contributed by atoms with E-state index in [0.717, 1.165) is 5.82 Å². The summed E-state index contributed by atoms with van der Waals surface area (Å²) in [7, 11) is 0. The Morgan fingerprint density at radius 1 is 1.41 bits per heavy atom. The van der Waals surface area contributed by atoms with Crippen molar-refractivity contribution in [1.82, 2.24) is 14.5 Å². The maximum absolute atomic E-state index is 11.6. The second-order valence-corrected chi connectivity index (χ2v) is 3.87. The Hall–Kier alpha value is -2.09. The first-order valence-electron chi connectivity index (χ1n) is 5.40. The number of carbonyl (C=O) groups excluding carboxylic acids is 2. The Balaban J connectivity index is 2.22. The normalized spacial score (nSPS) is 13.6. The molecule has 0 fully saturated rings. The minimum Gasteiger partial charge on any atom is -0.323 e. The van der Waals surface area contributed by atoms with Gasteiger partial charge in [-0.1, -0.05) is 5.92 Å². The number of ketones is 1. The molecule has 0 aromatic carbocycles. The molecule has 1 amide bonds. The summed E-state index contributed by atoms with van der Waals surface area (Å²) >= 11 is 0. The molecule has 0 radical (unpaired) electrons. The Kier molecular flexibility index (Phi) is 2.96. The molecular weight excluding hydrogens is 218 g/mol. The van der Waals surface area contributed by atoms with Gasteiger partial charge >= 0.3 is 0 Å². The number of nitrogens with zero attached hydrogens (tertiary/aromatic N) is 3. The van der Waals surface area contributed by atoms with Crippen molar-refractivity contribution in [3.8, 4) is 11.8 Å². The van der Waals surface area contributed by atoms with Gasteiger partial charge in [0.15, 0.2) is 5.78 Å². The number of imidazole rings is 1. The largest absolute Gasteiger partial charge is 0.323 e. The molecule has 0 aliphatic carbocycles. The summed E-state index contributed by atoms with van der Waals surface area (Å²) in [4.78, 5) is 28.7. The van der Waals surface area contributed by atoms with Gasteiger partial charge in [0.1, 0.15) is 11.5 Å². The molecule has 0 N–H and O–H groups in total. The molecule has 0 spiro atoms. The van der Waals surface area contributed by atoms with E-state index in [1.165, 1.54) is 6.92 Å². The van der Waals surface area contributed by atoms with E-state index in [1.54, 1.807) is 18.0 Å². The van der Waals surface area contributed by atoms with Gasteiger partial charge in [-0.25, -0.2) is 4.98 Å². The summed E-state index contributed by atoms with van der Waals surface area (Å²) in [6.45, 7) is 4.74. The average Bonchev–Trinajstić information content (AvgIpc) is 2.71. The molecule has 2 heterocycles. The first-order chi connectivity index (χ1) is 8.13. The molecule has 0 saturated heterocycles. The standard InChI is InChI=1S/C12H13N3O2/c1-3-4-12(17)14-5-6-15-10(9(2)16)7-13-11(15)8-14/h7H,5-6,8H2,1-2H3. The van der Waals surface area contributed by atoms with Crippen molar-refractivity contribution >= 4 is 11.7 Å². The molecule has 0 unspecified atom stereocenters. The number of hydrogen-bond donors (Lipinski definition) is 0. The molecule has 2 rings (SSSR count). The lowest BCUT2D eigenvalue weighted by Gasteiger charge is -2.26. The van der Waals surface area contributed by atoms with Crippen LogP contribution in [0, 0.1) is 11.8 Å². The van der Waals surface area contributed by atoms with E-state index in [1.807, 2.05) is 4.57 Å². The van der Waals surface area contributed by atoms with Crippen molar-refractivity contribution in [2.45, 2.75) is 26.9 Å². The molecular formula is C12H13N3O2. The molecule has 0 bridgehead atoms. The summed E-state index contributed by atoms with van der Waals surface area (Å²) in [5.41, 5.74) is 0.605. The molecule has 5 nitrogen and oxygen atoms in total. The van der Waals surface area contributed by atoms with Crippen molar-refractivity contribution in [2.75, 3.05) is 6.54 Å². The molecule has 5 heteroatoms. The number of carbonyl (C=O) groups is 2. The van der Waals surface area contributed by atoms with E-state index in [4.69, 9.17) is 0 Å². The quantitative estimate of drug-likeness (QED) is 0.521. The fraction of sp³-hybridized carbons (Fsp3) is 0.417. The van der Waals surface area contributed by atoms with E-state index in [9.17, 15) is 9.59 Å². The van der Waals surface area contributed by atoms with Crippen LogP contribution in [0.5, 0.6) is 0 Å². The number of rotatable bonds is 1. The number of hydrogen-bond acceptors (Lipinski definition) is 3. The molecule has 1 aromatic heterocycles. The maximum atomic E-state index is 11.6. The monoisotopic (exact) mass is 231 g/mol. The second-order valence-electron chi connectivity index (χ2n) is 3.87. The number of aromatic nitrogens is 2. The van der Waals surface area contributed by atoms with Crippen LogP contribution in [0.25, 0.3) is 0 Å². The summed E-state index contributed by atoms with van der Waals surface area (Å²) in [6.07, 6.45) is 1.57. The smallest absolute Gasteiger partial charge is 0.298 e. The highest BCUT2D eigenvalue weighted by Crippen LogP contribution is 2.14. The lowest BCUT2D eigenvalue weighted by atomic mass is 10.3. The molecule has 1 aliphatic heterocycles. The number of Topliss-reactive ketones (excluding diaryl/α,β-unsaturated/α-hetero) is 1. The van der Waals surface area contributed by atoms with Gasteiger partial charge in [0.25, 0.3) is 5.91 Å². The van der Waals surface area contributed by atoms with Crippen molar-refractivity contribution < 1.29 is 9.59 Å². The summed E-state index contributed by atoms with van der Waals surface area (Å²) in [5, 5.41) is 0. The fourth-order valence-corrected chi connectivity index (χ4v) is 1.90. The molecule has 17 heavy (non-hydrogen) atoms. The third-order valence-corrected chi connectivity index (χ3v) is 2.74. The Morgan fingerprint density at radius 3 is 2.82 bits per heavy atom. The van der Waals surface area contributed by atoms with E-state index in [-0.39, 0.29) is 11.7 Å². The third kappa shape index (κ3) is 2.07. The van der Waals surface area contributed by atoms with Gasteiger partial charge in [-0.15, -0.1) is 0 Å².